The number of aryl methyl sites for hydroxylation is 1. The van der Waals surface area contributed by atoms with Crippen LogP contribution in [0, 0.1) is 6.92 Å². The van der Waals surface area contributed by atoms with Gasteiger partial charge in [-0.3, -0.25) is 4.79 Å². The van der Waals surface area contributed by atoms with Gasteiger partial charge in [-0.15, -0.1) is 0 Å². The Morgan fingerprint density at radius 2 is 2.28 bits per heavy atom. The van der Waals surface area contributed by atoms with Crippen LogP contribution in [0.1, 0.15) is 21.7 Å². The third-order valence-corrected chi connectivity index (χ3v) is 2.97. The predicted octanol–water partition coefficient (Wildman–Crippen LogP) is 2.48. The Bertz CT molecular complexity index is 568. The molecule has 0 N–H and O–H groups in total. The van der Waals surface area contributed by atoms with Crippen molar-refractivity contribution in [3.8, 4) is 0 Å². The van der Waals surface area contributed by atoms with Gasteiger partial charge in [0.05, 0.1) is 11.8 Å². The number of hydrogen-bond acceptors (Lipinski definition) is 5. The highest BCUT2D eigenvalue weighted by Crippen LogP contribution is 2.22. The van der Waals surface area contributed by atoms with Crippen LogP contribution in [0.2, 0.25) is 5.15 Å². The topological polar surface area (TPSA) is 59.2 Å². The molecule has 0 aliphatic heterocycles. The first kappa shape index (κ1) is 12.6. The van der Waals surface area contributed by atoms with Gasteiger partial charge in [-0.2, -0.15) is 0 Å². The summed E-state index contributed by atoms with van der Waals surface area (Å²) in [5.74, 6) is 1.35. The Morgan fingerprint density at radius 1 is 1.50 bits per heavy atom. The molecule has 94 valence electrons. The number of rotatable bonds is 4. The zero-order valence-electron chi connectivity index (χ0n) is 10.1. The number of aromatic nitrogens is 2. The fourth-order valence-corrected chi connectivity index (χ4v) is 1.85. The van der Waals surface area contributed by atoms with Crippen molar-refractivity contribution in [2.24, 2.45) is 0 Å². The van der Waals surface area contributed by atoms with Gasteiger partial charge in [-0.25, -0.2) is 9.97 Å². The van der Waals surface area contributed by atoms with Gasteiger partial charge in [-0.1, -0.05) is 11.6 Å². The molecule has 18 heavy (non-hydrogen) atoms. The minimum atomic E-state index is 0.158. The lowest BCUT2D eigenvalue weighted by atomic mass is 10.2. The van der Waals surface area contributed by atoms with Crippen molar-refractivity contribution in [1.29, 1.82) is 0 Å². The van der Waals surface area contributed by atoms with Crippen molar-refractivity contribution >= 4 is 23.7 Å². The molecule has 2 aromatic rings. The molecule has 6 heteroatoms. The van der Waals surface area contributed by atoms with Crippen LogP contribution in [0.4, 0.5) is 5.82 Å². The zero-order chi connectivity index (χ0) is 13.1. The second kappa shape index (κ2) is 5.18. The summed E-state index contributed by atoms with van der Waals surface area (Å²) in [5.41, 5.74) is 1.33. The Balaban J connectivity index is 2.29. The van der Waals surface area contributed by atoms with E-state index in [9.17, 15) is 4.79 Å². The lowest BCUT2D eigenvalue weighted by molar-refractivity contribution is 0.112. The molecule has 0 fully saturated rings. The van der Waals surface area contributed by atoms with Crippen LogP contribution in [0.25, 0.3) is 0 Å². The van der Waals surface area contributed by atoms with Gasteiger partial charge in [0.25, 0.3) is 0 Å². The second-order valence-corrected chi connectivity index (χ2v) is 4.24. The monoisotopic (exact) mass is 265 g/mol. The van der Waals surface area contributed by atoms with Gasteiger partial charge < -0.3 is 9.32 Å². The fraction of sp³-hybridized carbons (Fsp3) is 0.250. The maximum Gasteiger partial charge on any atom is 0.156 e. The molecule has 0 unspecified atom stereocenters. The van der Waals surface area contributed by atoms with Gasteiger partial charge in [0, 0.05) is 19.2 Å². The molecule has 2 aromatic heterocycles. The van der Waals surface area contributed by atoms with Crippen molar-refractivity contribution in [3.63, 3.8) is 0 Å². The van der Waals surface area contributed by atoms with E-state index in [1.165, 1.54) is 6.33 Å². The van der Waals surface area contributed by atoms with E-state index in [0.717, 1.165) is 11.3 Å². The maximum absolute atomic E-state index is 11.0. The molecule has 0 amide bonds. The molecule has 0 saturated heterocycles. The lowest BCUT2D eigenvalue weighted by Crippen LogP contribution is -2.20. The molecule has 0 radical (unpaired) electrons. The summed E-state index contributed by atoms with van der Waals surface area (Å²) < 4.78 is 5.23. The molecular formula is C12H12ClN3O2. The highest BCUT2D eigenvalue weighted by molar-refractivity contribution is 6.32. The average Bonchev–Trinajstić information content (AvgIpc) is 2.74. The summed E-state index contributed by atoms with van der Waals surface area (Å²) in [6, 6.07) is 1.88. The van der Waals surface area contributed by atoms with Gasteiger partial charge in [-0.05, 0) is 13.0 Å². The molecule has 2 heterocycles. The third-order valence-electron chi connectivity index (χ3n) is 2.67. The minimum Gasteiger partial charge on any atom is -0.469 e. The summed E-state index contributed by atoms with van der Waals surface area (Å²) in [6.07, 6.45) is 3.63. The smallest absolute Gasteiger partial charge is 0.156 e. The minimum absolute atomic E-state index is 0.158. The molecule has 0 spiro atoms. The SMILES string of the molecule is Cc1occc1CN(C)c1ncnc(Cl)c1C=O. The van der Waals surface area contributed by atoms with Crippen LogP contribution in [-0.4, -0.2) is 23.3 Å². The number of hydrogen-bond donors (Lipinski definition) is 0. The van der Waals surface area contributed by atoms with E-state index in [0.29, 0.717) is 24.2 Å². The van der Waals surface area contributed by atoms with Crippen molar-refractivity contribution in [2.75, 3.05) is 11.9 Å². The number of halogens is 1. The molecule has 0 aliphatic rings. The zero-order valence-corrected chi connectivity index (χ0v) is 10.8. The normalized spacial score (nSPS) is 10.4. The van der Waals surface area contributed by atoms with Crippen molar-refractivity contribution < 1.29 is 9.21 Å². The van der Waals surface area contributed by atoms with Crippen LogP contribution in [0.5, 0.6) is 0 Å². The first-order valence-corrected chi connectivity index (χ1v) is 5.71. The van der Waals surface area contributed by atoms with E-state index >= 15 is 0 Å². The molecule has 2 rings (SSSR count). The first-order valence-electron chi connectivity index (χ1n) is 5.33. The van der Waals surface area contributed by atoms with Gasteiger partial charge in [0.2, 0.25) is 0 Å². The van der Waals surface area contributed by atoms with E-state index < -0.39 is 0 Å². The van der Waals surface area contributed by atoms with E-state index in [1.807, 2.05) is 24.9 Å². The largest absolute Gasteiger partial charge is 0.469 e. The van der Waals surface area contributed by atoms with E-state index in [4.69, 9.17) is 16.0 Å². The Morgan fingerprint density at radius 3 is 2.89 bits per heavy atom. The number of anilines is 1. The van der Waals surface area contributed by atoms with Crippen LogP contribution in [-0.2, 0) is 6.54 Å². The molecule has 0 saturated carbocycles. The number of carbonyl (C=O) groups is 1. The quantitative estimate of drug-likeness (QED) is 0.628. The van der Waals surface area contributed by atoms with Crippen molar-refractivity contribution in [1.82, 2.24) is 9.97 Å². The summed E-state index contributed by atoms with van der Waals surface area (Å²) in [7, 11) is 1.83. The van der Waals surface area contributed by atoms with E-state index in [1.54, 1.807) is 6.26 Å². The number of aldehydes is 1. The van der Waals surface area contributed by atoms with Crippen LogP contribution in [0.3, 0.4) is 0 Å². The summed E-state index contributed by atoms with van der Waals surface area (Å²) in [6.45, 7) is 2.47. The summed E-state index contributed by atoms with van der Waals surface area (Å²) >= 11 is 5.86. The number of carbonyl (C=O) groups excluding carboxylic acids is 1. The van der Waals surface area contributed by atoms with Gasteiger partial charge in [0.1, 0.15) is 23.1 Å². The van der Waals surface area contributed by atoms with E-state index in [2.05, 4.69) is 9.97 Å². The summed E-state index contributed by atoms with van der Waals surface area (Å²) in [5, 5.41) is 0.158. The summed E-state index contributed by atoms with van der Waals surface area (Å²) in [4.78, 5) is 20.7. The molecular weight excluding hydrogens is 254 g/mol. The van der Waals surface area contributed by atoms with Crippen LogP contribution < -0.4 is 4.90 Å². The highest BCUT2D eigenvalue weighted by atomic mass is 35.5. The third kappa shape index (κ3) is 2.36. The predicted molar refractivity (Wildman–Crippen MR) is 68.0 cm³/mol. The van der Waals surface area contributed by atoms with Gasteiger partial charge >= 0.3 is 0 Å². The lowest BCUT2D eigenvalue weighted by Gasteiger charge is -2.19. The van der Waals surface area contributed by atoms with Crippen LogP contribution in [0.15, 0.2) is 23.1 Å². The van der Waals surface area contributed by atoms with Gasteiger partial charge in [0.15, 0.2) is 6.29 Å². The standard InChI is InChI=1S/C12H12ClN3O2/c1-8-9(3-4-18-8)5-16(2)12-10(6-17)11(13)14-7-15-12/h3-4,6-7H,5H2,1-2H3. The number of furan rings is 1. The maximum atomic E-state index is 11.0. The Kier molecular flexibility index (Phi) is 3.62. The number of nitrogens with zero attached hydrogens (tertiary/aromatic N) is 3. The molecule has 0 aliphatic carbocycles. The van der Waals surface area contributed by atoms with E-state index in [-0.39, 0.29) is 5.15 Å². The molecule has 0 aromatic carbocycles. The van der Waals surface area contributed by atoms with Crippen molar-refractivity contribution in [2.45, 2.75) is 13.5 Å². The molecule has 5 nitrogen and oxygen atoms in total. The molecule has 0 bridgehead atoms. The first-order chi connectivity index (χ1) is 8.63. The Hall–Kier alpha value is -1.88. The average molecular weight is 266 g/mol. The second-order valence-electron chi connectivity index (χ2n) is 3.88. The Labute approximate surface area is 109 Å². The fourth-order valence-electron chi connectivity index (χ4n) is 1.68. The molecule has 0 atom stereocenters. The highest BCUT2D eigenvalue weighted by Gasteiger charge is 2.14. The van der Waals surface area contributed by atoms with Crippen molar-refractivity contribution in [3.05, 3.63) is 40.7 Å². The van der Waals surface area contributed by atoms with Crippen LogP contribution >= 0.6 is 11.6 Å².